The van der Waals surface area contributed by atoms with Crippen LogP contribution in [0, 0.1) is 6.92 Å². The molecule has 0 N–H and O–H groups in total. The Kier molecular flexibility index (Phi) is 10.4. The van der Waals surface area contributed by atoms with Crippen LogP contribution in [0.3, 0.4) is 0 Å². The second-order valence-corrected chi connectivity index (χ2v) is 13.1. The van der Waals surface area contributed by atoms with Gasteiger partial charge in [-0.1, -0.05) is 23.4 Å². The average molecular weight is 669 g/mol. The van der Waals surface area contributed by atoms with Gasteiger partial charge in [0.2, 0.25) is 21.4 Å². The second-order valence-electron chi connectivity index (χ2n) is 11.0. The highest BCUT2D eigenvalue weighted by Gasteiger charge is 2.20. The van der Waals surface area contributed by atoms with Crippen LogP contribution in [0.4, 0.5) is 0 Å². The topological polar surface area (TPSA) is 126 Å². The number of para-hydroxylation sites is 1. The number of rotatable bonds is 13. The lowest BCUT2D eigenvalue weighted by Gasteiger charge is -2.10. The monoisotopic (exact) mass is 668 g/mol. The number of hydrogen-bond acceptors (Lipinski definition) is 9. The molecule has 0 radical (unpaired) electrons. The third kappa shape index (κ3) is 7.32. The first-order valence-electron chi connectivity index (χ1n) is 15.3. The van der Waals surface area contributed by atoms with Crippen molar-refractivity contribution in [2.75, 3.05) is 19.8 Å². The van der Waals surface area contributed by atoms with Crippen LogP contribution < -0.4 is 0 Å². The number of oxime groups is 1. The zero-order valence-electron chi connectivity index (χ0n) is 27.4. The van der Waals surface area contributed by atoms with E-state index in [0.29, 0.717) is 36.9 Å². The molecule has 5 aromatic rings. The molecule has 5 rings (SSSR count). The molecule has 248 valence electrons. The Morgan fingerprint density at radius 1 is 0.875 bits per heavy atom. The largest absolute Gasteiger partial charge is 0.496 e. The first-order chi connectivity index (χ1) is 23.0. The Labute approximate surface area is 278 Å². The molecule has 0 spiro atoms. The number of benzene rings is 3. The van der Waals surface area contributed by atoms with Gasteiger partial charge in [-0.05, 0) is 107 Å². The van der Waals surface area contributed by atoms with Crippen LogP contribution >= 0.6 is 0 Å². The maximum atomic E-state index is 13.3. The lowest BCUT2D eigenvalue weighted by molar-refractivity contribution is 0.0477. The van der Waals surface area contributed by atoms with Crippen LogP contribution in [0.25, 0.3) is 27.5 Å². The van der Waals surface area contributed by atoms with Crippen molar-refractivity contribution in [3.63, 3.8) is 0 Å². The predicted molar refractivity (Wildman–Crippen MR) is 184 cm³/mol. The minimum atomic E-state index is -3.74. The van der Waals surface area contributed by atoms with Gasteiger partial charge in [-0.3, -0.25) is 4.79 Å². The fourth-order valence-electron chi connectivity index (χ4n) is 5.08. The molecule has 2 aromatic heterocycles. The smallest absolute Gasteiger partial charge is 0.400 e. The number of carbonyl (C=O) groups excluding carboxylic acids is 2. The molecule has 10 nitrogen and oxygen atoms in total. The number of furan rings is 1. The summed E-state index contributed by atoms with van der Waals surface area (Å²) in [4.78, 5) is 30.7. The number of aromatic nitrogens is 1. The van der Waals surface area contributed by atoms with E-state index in [4.69, 9.17) is 18.7 Å². The van der Waals surface area contributed by atoms with Crippen molar-refractivity contribution in [3.8, 4) is 5.69 Å². The van der Waals surface area contributed by atoms with Crippen molar-refractivity contribution in [1.82, 2.24) is 4.57 Å². The molecule has 48 heavy (non-hydrogen) atoms. The summed E-state index contributed by atoms with van der Waals surface area (Å²) in [5, 5.41) is 5.46. The highest BCUT2D eigenvalue weighted by molar-refractivity contribution is 7.95. The lowest BCUT2D eigenvalue weighted by Crippen LogP contribution is -2.12. The summed E-state index contributed by atoms with van der Waals surface area (Å²) in [6.45, 7) is 9.84. The van der Waals surface area contributed by atoms with Gasteiger partial charge in [-0.25, -0.2) is 13.2 Å². The molecule has 0 aliphatic carbocycles. The van der Waals surface area contributed by atoms with Gasteiger partial charge in [0, 0.05) is 33.5 Å². The highest BCUT2D eigenvalue weighted by Crippen LogP contribution is 2.33. The number of ketones is 1. The van der Waals surface area contributed by atoms with Crippen LogP contribution in [0.15, 0.2) is 116 Å². The first-order valence-corrected chi connectivity index (χ1v) is 16.8. The third-order valence-corrected chi connectivity index (χ3v) is 9.49. The zero-order chi connectivity index (χ0) is 34.4. The van der Waals surface area contributed by atoms with E-state index in [1.54, 1.807) is 69.3 Å². The van der Waals surface area contributed by atoms with Crippen molar-refractivity contribution in [3.05, 3.63) is 119 Å². The number of sulfone groups is 1. The van der Waals surface area contributed by atoms with Crippen LogP contribution in [0.5, 0.6) is 0 Å². The van der Waals surface area contributed by atoms with Gasteiger partial charge < -0.3 is 23.3 Å². The van der Waals surface area contributed by atoms with Crippen molar-refractivity contribution in [2.24, 2.45) is 5.16 Å². The summed E-state index contributed by atoms with van der Waals surface area (Å²) in [6.07, 6.45) is 3.16. The fraction of sp³-hybridized carbons (Fsp3) is 0.216. The fourth-order valence-corrected chi connectivity index (χ4v) is 6.19. The number of carbonyl (C=O) groups is 2. The van der Waals surface area contributed by atoms with E-state index in [-0.39, 0.29) is 21.3 Å². The van der Waals surface area contributed by atoms with Crippen LogP contribution in [0.1, 0.15) is 54.4 Å². The Morgan fingerprint density at radius 3 is 2.31 bits per heavy atom. The van der Waals surface area contributed by atoms with E-state index in [9.17, 15) is 18.0 Å². The van der Waals surface area contributed by atoms with Gasteiger partial charge in [-0.15, -0.1) is 0 Å². The highest BCUT2D eigenvalue weighted by atomic mass is 32.2. The normalized spacial score (nSPS) is 12.9. The summed E-state index contributed by atoms with van der Waals surface area (Å²) in [5.41, 5.74) is 2.80. The van der Waals surface area contributed by atoms with Gasteiger partial charge >= 0.3 is 5.97 Å². The summed E-state index contributed by atoms with van der Waals surface area (Å²) in [6, 6.07) is 22.8. The van der Waals surface area contributed by atoms with Gasteiger partial charge in [0.05, 0.1) is 28.3 Å². The van der Waals surface area contributed by atoms with E-state index in [1.165, 1.54) is 19.1 Å². The van der Waals surface area contributed by atoms with Gasteiger partial charge in [0.25, 0.3) is 0 Å². The summed E-state index contributed by atoms with van der Waals surface area (Å²) >= 11 is 0. The minimum absolute atomic E-state index is 0.00407. The van der Waals surface area contributed by atoms with Crippen molar-refractivity contribution in [2.45, 2.75) is 39.5 Å². The van der Waals surface area contributed by atoms with Gasteiger partial charge in [0.15, 0.2) is 0 Å². The molecule has 0 bridgehead atoms. The molecule has 0 aliphatic heterocycles. The van der Waals surface area contributed by atoms with Crippen molar-refractivity contribution in [1.29, 1.82) is 0 Å². The average Bonchev–Trinajstić information content (AvgIpc) is 3.68. The number of ether oxygens (including phenoxy) is 2. The minimum Gasteiger partial charge on any atom is -0.496 e. The molecule has 0 atom stereocenters. The number of Topliss-reactive ketones (excluding diaryl/α,β-unsaturated/α-hetero) is 1. The molecule has 3 aromatic carbocycles. The first kappa shape index (κ1) is 34.1. The summed E-state index contributed by atoms with van der Waals surface area (Å²) in [5.74, 6) is -0.0810. The van der Waals surface area contributed by atoms with Crippen LogP contribution in [-0.2, 0) is 24.1 Å². The zero-order valence-corrected chi connectivity index (χ0v) is 28.2. The Hall–Kier alpha value is -5.26. The molecule has 0 unspecified atom stereocenters. The van der Waals surface area contributed by atoms with Crippen molar-refractivity contribution < 1.29 is 36.7 Å². The molecular formula is C37H36N2O8S. The van der Waals surface area contributed by atoms with Crippen LogP contribution in [0.2, 0.25) is 0 Å². The van der Waals surface area contributed by atoms with Crippen molar-refractivity contribution >= 4 is 49.1 Å². The Balaban J connectivity index is 1.41. The number of hydrogen-bond donors (Lipinski definition) is 0. The van der Waals surface area contributed by atoms with Gasteiger partial charge in [0.1, 0.15) is 18.1 Å². The van der Waals surface area contributed by atoms with E-state index in [0.717, 1.165) is 27.5 Å². The maximum Gasteiger partial charge on any atom is 0.400 e. The van der Waals surface area contributed by atoms with E-state index in [2.05, 4.69) is 5.16 Å². The van der Waals surface area contributed by atoms with Crippen LogP contribution in [-0.4, -0.2) is 50.3 Å². The van der Waals surface area contributed by atoms with E-state index in [1.807, 2.05) is 41.8 Å². The Morgan fingerprint density at radius 2 is 1.60 bits per heavy atom. The molecule has 0 aliphatic rings. The molecule has 11 heteroatoms. The molecule has 0 amide bonds. The number of nitrogens with zero attached hydrogens (tertiary/aromatic N) is 2. The molecule has 2 heterocycles. The van der Waals surface area contributed by atoms with E-state index < -0.39 is 21.6 Å². The molecule has 0 saturated heterocycles. The lowest BCUT2D eigenvalue weighted by atomic mass is 10.0. The third-order valence-electron chi connectivity index (χ3n) is 7.61. The maximum absolute atomic E-state index is 13.3. The quantitative estimate of drug-likeness (QED) is 0.0237. The Bertz CT molecular complexity index is 2190. The number of allylic oxidation sites excluding steroid dienone is 4. The molecule has 0 saturated carbocycles. The molecular weight excluding hydrogens is 632 g/mol. The SMILES string of the molecule is CCOCCO/C(C)=C/C=C(\C)S(=O)(=O)c1ccc(-n2c3ccccc3c3cc(C(=O)C(C)=NOC(=O)c4ccc(C)o4)ccc32)cc1. The molecule has 0 fully saturated rings. The van der Waals surface area contributed by atoms with Gasteiger partial charge in [-0.2, -0.15) is 0 Å². The standard InChI is InChI=1S/C37H36N2O8S/c1-6-44-21-22-45-24(2)11-13-26(4)48(42,43)30-17-15-29(16-18-30)39-33-10-8-7-9-31(33)32-23-28(14-19-34(32)39)36(40)27(5)38-47-37(41)35-20-12-25(3)46-35/h7-20,23H,6,21-22H2,1-5H3/b24-11+,26-13+,38-27?. The number of aryl methyl sites for hydroxylation is 1. The summed E-state index contributed by atoms with van der Waals surface area (Å²) in [7, 11) is -3.74. The second kappa shape index (κ2) is 14.7. The van der Waals surface area contributed by atoms with E-state index >= 15 is 0 Å². The number of fused-ring (bicyclic) bond motifs is 3. The summed E-state index contributed by atoms with van der Waals surface area (Å²) < 4.78 is 44.8. The predicted octanol–water partition coefficient (Wildman–Crippen LogP) is 7.74.